The van der Waals surface area contributed by atoms with Gasteiger partial charge in [0, 0.05) is 6.54 Å². The van der Waals surface area contributed by atoms with Crippen LogP contribution in [0.25, 0.3) is 0 Å². The van der Waals surface area contributed by atoms with E-state index in [-0.39, 0.29) is 6.17 Å². The highest BCUT2D eigenvalue weighted by Gasteiger charge is 2.08. The van der Waals surface area contributed by atoms with Crippen molar-refractivity contribution < 1.29 is 0 Å². The van der Waals surface area contributed by atoms with Gasteiger partial charge in [-0.3, -0.25) is 4.90 Å². The summed E-state index contributed by atoms with van der Waals surface area (Å²) in [5, 5.41) is 0. The second-order valence-electron chi connectivity index (χ2n) is 2.79. The zero-order chi connectivity index (χ0) is 8.69. The minimum absolute atomic E-state index is 0.0477. The summed E-state index contributed by atoms with van der Waals surface area (Å²) in [4.78, 5) is 2.21. The molecule has 0 aliphatic carbocycles. The van der Waals surface area contributed by atoms with Crippen molar-refractivity contribution >= 4 is 0 Å². The van der Waals surface area contributed by atoms with Crippen LogP contribution in [0.5, 0.6) is 0 Å². The molecule has 3 heteroatoms. The minimum atomic E-state index is 0.0477. The molecule has 0 saturated carbocycles. The maximum absolute atomic E-state index is 5.77. The van der Waals surface area contributed by atoms with Gasteiger partial charge in [0.1, 0.15) is 0 Å². The molecule has 0 aromatic carbocycles. The molecule has 3 nitrogen and oxygen atoms in total. The average molecular weight is 159 g/mol. The number of rotatable bonds is 6. The molecule has 0 aliphatic heterocycles. The first-order valence-electron chi connectivity index (χ1n) is 4.45. The van der Waals surface area contributed by atoms with E-state index in [4.69, 9.17) is 11.5 Å². The van der Waals surface area contributed by atoms with Gasteiger partial charge >= 0.3 is 0 Å². The molecule has 1 atom stereocenters. The maximum Gasteiger partial charge on any atom is 0.0698 e. The molecule has 0 bridgehead atoms. The molecule has 4 N–H and O–H groups in total. The van der Waals surface area contributed by atoms with Crippen molar-refractivity contribution in [3.8, 4) is 0 Å². The Morgan fingerprint density at radius 3 is 2.36 bits per heavy atom. The molecule has 0 saturated heterocycles. The number of hydrogen-bond donors (Lipinski definition) is 2. The van der Waals surface area contributed by atoms with E-state index in [1.165, 1.54) is 12.8 Å². The third-order valence-corrected chi connectivity index (χ3v) is 1.92. The van der Waals surface area contributed by atoms with Crippen molar-refractivity contribution in [2.24, 2.45) is 11.5 Å². The first-order valence-corrected chi connectivity index (χ1v) is 4.45. The van der Waals surface area contributed by atoms with Gasteiger partial charge in [-0.15, -0.1) is 0 Å². The molecule has 0 rings (SSSR count). The molecule has 0 heterocycles. The Balaban J connectivity index is 3.56. The monoisotopic (exact) mass is 159 g/mol. The van der Waals surface area contributed by atoms with Crippen LogP contribution in [0.1, 0.15) is 26.7 Å². The van der Waals surface area contributed by atoms with Crippen LogP contribution in [0, 0.1) is 0 Å². The van der Waals surface area contributed by atoms with E-state index in [1.54, 1.807) is 0 Å². The summed E-state index contributed by atoms with van der Waals surface area (Å²) in [5.74, 6) is 0. The Kier molecular flexibility index (Phi) is 6.51. The highest BCUT2D eigenvalue weighted by Crippen LogP contribution is 1.96. The van der Waals surface area contributed by atoms with Gasteiger partial charge in [-0.05, 0) is 19.5 Å². The molecular formula is C8H21N3. The third kappa shape index (κ3) is 4.35. The molecule has 0 aliphatic rings. The molecule has 0 amide bonds. The molecule has 0 spiro atoms. The molecule has 1 unspecified atom stereocenters. The summed E-state index contributed by atoms with van der Waals surface area (Å²) in [6.45, 7) is 6.92. The van der Waals surface area contributed by atoms with Crippen molar-refractivity contribution in [3.05, 3.63) is 0 Å². The average Bonchev–Trinajstić information content (AvgIpc) is 2.05. The Labute approximate surface area is 69.7 Å². The van der Waals surface area contributed by atoms with Crippen LogP contribution in [0.15, 0.2) is 0 Å². The molecular weight excluding hydrogens is 138 g/mol. The van der Waals surface area contributed by atoms with Crippen molar-refractivity contribution in [2.75, 3.05) is 19.6 Å². The van der Waals surface area contributed by atoms with Gasteiger partial charge in [0.2, 0.25) is 0 Å². The quantitative estimate of drug-likeness (QED) is 0.550. The van der Waals surface area contributed by atoms with Crippen molar-refractivity contribution in [2.45, 2.75) is 32.9 Å². The van der Waals surface area contributed by atoms with E-state index in [2.05, 4.69) is 18.7 Å². The highest BCUT2D eigenvalue weighted by atomic mass is 15.2. The van der Waals surface area contributed by atoms with Gasteiger partial charge in [0.05, 0.1) is 6.17 Å². The van der Waals surface area contributed by atoms with Gasteiger partial charge in [-0.25, -0.2) is 0 Å². The van der Waals surface area contributed by atoms with Gasteiger partial charge in [0.25, 0.3) is 0 Å². The van der Waals surface area contributed by atoms with Crippen molar-refractivity contribution in [1.29, 1.82) is 0 Å². The zero-order valence-corrected chi connectivity index (χ0v) is 7.71. The summed E-state index contributed by atoms with van der Waals surface area (Å²) < 4.78 is 0. The van der Waals surface area contributed by atoms with E-state index >= 15 is 0 Å². The second kappa shape index (κ2) is 6.58. The van der Waals surface area contributed by atoms with E-state index in [0.717, 1.165) is 13.1 Å². The van der Waals surface area contributed by atoms with Crippen LogP contribution in [-0.2, 0) is 0 Å². The number of nitrogens with two attached hydrogens (primary N) is 2. The predicted molar refractivity (Wildman–Crippen MR) is 49.2 cm³/mol. The summed E-state index contributed by atoms with van der Waals surface area (Å²) in [5.41, 5.74) is 11.2. The maximum atomic E-state index is 5.77. The largest absolute Gasteiger partial charge is 0.328 e. The topological polar surface area (TPSA) is 55.3 Å². The summed E-state index contributed by atoms with van der Waals surface area (Å²) in [6, 6.07) is 0. The van der Waals surface area contributed by atoms with Crippen LogP contribution in [0.3, 0.4) is 0 Å². The van der Waals surface area contributed by atoms with Crippen LogP contribution < -0.4 is 11.5 Å². The van der Waals surface area contributed by atoms with Crippen LogP contribution in [0.4, 0.5) is 0 Å². The van der Waals surface area contributed by atoms with E-state index in [1.807, 2.05) is 0 Å². The number of unbranched alkanes of at least 4 members (excludes halogenated alkanes) is 1. The Bertz CT molecular complexity index is 85.4. The molecule has 0 aromatic heterocycles. The Morgan fingerprint density at radius 2 is 2.00 bits per heavy atom. The smallest absolute Gasteiger partial charge is 0.0698 e. The lowest BCUT2D eigenvalue weighted by molar-refractivity contribution is 0.212. The predicted octanol–water partition coefficient (Wildman–Crippen LogP) is 0.352. The lowest BCUT2D eigenvalue weighted by Crippen LogP contribution is -2.47. The lowest BCUT2D eigenvalue weighted by atomic mass is 10.3. The zero-order valence-electron chi connectivity index (χ0n) is 7.71. The Hall–Kier alpha value is -0.120. The lowest BCUT2D eigenvalue weighted by Gasteiger charge is -2.25. The fourth-order valence-corrected chi connectivity index (χ4v) is 1.07. The third-order valence-electron chi connectivity index (χ3n) is 1.92. The van der Waals surface area contributed by atoms with Gasteiger partial charge < -0.3 is 11.5 Å². The number of hydrogen-bond acceptors (Lipinski definition) is 3. The highest BCUT2D eigenvalue weighted by molar-refractivity contribution is 4.64. The molecule has 0 fully saturated rings. The van der Waals surface area contributed by atoms with Crippen molar-refractivity contribution in [1.82, 2.24) is 4.90 Å². The molecule has 11 heavy (non-hydrogen) atoms. The number of nitrogens with zero attached hydrogens (tertiary/aromatic N) is 1. The summed E-state index contributed by atoms with van der Waals surface area (Å²) in [7, 11) is 0. The molecule has 68 valence electrons. The summed E-state index contributed by atoms with van der Waals surface area (Å²) in [6.07, 6.45) is 2.47. The first kappa shape index (κ1) is 10.9. The van der Waals surface area contributed by atoms with Crippen LogP contribution >= 0.6 is 0 Å². The minimum Gasteiger partial charge on any atom is -0.328 e. The fraction of sp³-hybridized carbons (Fsp3) is 1.00. The molecule has 0 aromatic rings. The first-order chi connectivity index (χ1) is 5.26. The van der Waals surface area contributed by atoms with Gasteiger partial charge in [-0.1, -0.05) is 20.3 Å². The van der Waals surface area contributed by atoms with Gasteiger partial charge in [-0.2, -0.15) is 0 Å². The van der Waals surface area contributed by atoms with Crippen LogP contribution in [-0.4, -0.2) is 30.7 Å². The fourth-order valence-electron chi connectivity index (χ4n) is 1.07. The van der Waals surface area contributed by atoms with Crippen LogP contribution in [0.2, 0.25) is 0 Å². The number of likely N-dealkylation sites (N-methyl/N-ethyl adjacent to an activating group) is 1. The SMILES string of the molecule is CCCCN(CC)C(N)CN. The van der Waals surface area contributed by atoms with E-state index in [9.17, 15) is 0 Å². The Morgan fingerprint density at radius 1 is 1.36 bits per heavy atom. The van der Waals surface area contributed by atoms with E-state index in [0.29, 0.717) is 6.54 Å². The van der Waals surface area contributed by atoms with Gasteiger partial charge in [0.15, 0.2) is 0 Å². The van der Waals surface area contributed by atoms with Crippen molar-refractivity contribution in [3.63, 3.8) is 0 Å². The standard InChI is InChI=1S/C8H21N3/c1-3-5-6-11(4-2)8(10)7-9/h8H,3-7,9-10H2,1-2H3. The molecule has 0 radical (unpaired) electrons. The van der Waals surface area contributed by atoms with E-state index < -0.39 is 0 Å². The normalized spacial score (nSPS) is 13.9. The second-order valence-corrected chi connectivity index (χ2v) is 2.79. The summed E-state index contributed by atoms with van der Waals surface area (Å²) >= 11 is 0.